The molecular weight excluding hydrogens is 434 g/mol. The van der Waals surface area contributed by atoms with Crippen molar-refractivity contribution in [3.63, 3.8) is 0 Å². The standard InChI is InChI=1S/C15H13BrClN3O6/c1-3-26-14(24)8-4-7(16)5-9(17)11(8)18-10(21)6-20-13(23)12(22)19(2)15(20)25/h4-5H,3,6H2,1-2H3,(H,18,21). The molecule has 1 N–H and O–H groups in total. The molecule has 1 heterocycles. The predicted octanol–water partition coefficient (Wildman–Crippen LogP) is 1.64. The molecule has 5 amide bonds. The van der Waals surface area contributed by atoms with Gasteiger partial charge in [-0.25, -0.2) is 14.5 Å². The number of carbonyl (C=O) groups is 5. The average molecular weight is 447 g/mol. The Hall–Kier alpha value is -2.46. The summed E-state index contributed by atoms with van der Waals surface area (Å²) in [7, 11) is 1.13. The fraction of sp³-hybridized carbons (Fsp3) is 0.267. The zero-order chi connectivity index (χ0) is 19.6. The molecule has 0 spiro atoms. The van der Waals surface area contributed by atoms with Crippen LogP contribution in [-0.2, 0) is 19.1 Å². The Bertz CT molecular complexity index is 828. The second kappa shape index (κ2) is 7.83. The Morgan fingerprint density at radius 2 is 1.88 bits per heavy atom. The summed E-state index contributed by atoms with van der Waals surface area (Å²) in [6, 6.07) is 1.94. The molecule has 1 aliphatic rings. The highest BCUT2D eigenvalue weighted by atomic mass is 79.9. The van der Waals surface area contributed by atoms with Gasteiger partial charge in [-0.2, -0.15) is 0 Å². The van der Waals surface area contributed by atoms with Gasteiger partial charge in [0, 0.05) is 11.5 Å². The molecule has 1 aliphatic heterocycles. The number of nitrogens with zero attached hydrogens (tertiary/aromatic N) is 2. The molecule has 9 nitrogen and oxygen atoms in total. The first-order valence-electron chi connectivity index (χ1n) is 7.26. The Morgan fingerprint density at radius 3 is 2.42 bits per heavy atom. The zero-order valence-electron chi connectivity index (χ0n) is 13.7. The van der Waals surface area contributed by atoms with Crippen LogP contribution < -0.4 is 5.32 Å². The number of anilines is 1. The third-order valence-electron chi connectivity index (χ3n) is 3.37. The lowest BCUT2D eigenvalue weighted by Gasteiger charge is -2.15. The number of ether oxygens (including phenoxy) is 1. The van der Waals surface area contributed by atoms with Crippen molar-refractivity contribution >= 4 is 62.9 Å². The summed E-state index contributed by atoms with van der Waals surface area (Å²) in [4.78, 5) is 60.4. The van der Waals surface area contributed by atoms with Crippen molar-refractivity contribution in [2.75, 3.05) is 25.5 Å². The number of benzene rings is 1. The van der Waals surface area contributed by atoms with Gasteiger partial charge >= 0.3 is 23.8 Å². The Kier molecular flexibility index (Phi) is 5.98. The van der Waals surface area contributed by atoms with E-state index in [9.17, 15) is 24.0 Å². The van der Waals surface area contributed by atoms with E-state index in [-0.39, 0.29) is 22.9 Å². The lowest BCUT2D eigenvalue weighted by Crippen LogP contribution is -2.38. The summed E-state index contributed by atoms with van der Waals surface area (Å²) in [5, 5.41) is 2.42. The maximum absolute atomic E-state index is 12.2. The van der Waals surface area contributed by atoms with E-state index in [1.54, 1.807) is 6.92 Å². The van der Waals surface area contributed by atoms with Gasteiger partial charge in [-0.15, -0.1) is 0 Å². The first-order valence-corrected chi connectivity index (χ1v) is 8.44. The fourth-order valence-corrected chi connectivity index (χ4v) is 3.00. The van der Waals surface area contributed by atoms with Crippen LogP contribution in [0.3, 0.4) is 0 Å². The minimum atomic E-state index is -1.11. The van der Waals surface area contributed by atoms with E-state index >= 15 is 0 Å². The van der Waals surface area contributed by atoms with Crippen LogP contribution in [0.4, 0.5) is 10.5 Å². The van der Waals surface area contributed by atoms with Gasteiger partial charge in [0.15, 0.2) is 0 Å². The van der Waals surface area contributed by atoms with E-state index in [1.807, 2.05) is 0 Å². The highest BCUT2D eigenvalue weighted by Crippen LogP contribution is 2.31. The molecule has 138 valence electrons. The number of imide groups is 2. The van der Waals surface area contributed by atoms with Gasteiger partial charge in [0.2, 0.25) is 5.91 Å². The molecule has 1 saturated heterocycles. The molecule has 26 heavy (non-hydrogen) atoms. The van der Waals surface area contributed by atoms with E-state index in [1.165, 1.54) is 12.1 Å². The van der Waals surface area contributed by atoms with Gasteiger partial charge in [0.25, 0.3) is 0 Å². The van der Waals surface area contributed by atoms with Crippen molar-refractivity contribution < 1.29 is 28.7 Å². The number of rotatable bonds is 5. The number of hydrogen-bond acceptors (Lipinski definition) is 6. The van der Waals surface area contributed by atoms with Gasteiger partial charge < -0.3 is 10.1 Å². The normalized spacial score (nSPS) is 14.1. The van der Waals surface area contributed by atoms with Crippen LogP contribution in [0.1, 0.15) is 17.3 Å². The number of urea groups is 1. The number of nitrogens with one attached hydrogen (secondary N) is 1. The van der Waals surface area contributed by atoms with Gasteiger partial charge in [-0.05, 0) is 19.1 Å². The van der Waals surface area contributed by atoms with Crippen LogP contribution in [0.15, 0.2) is 16.6 Å². The summed E-state index contributed by atoms with van der Waals surface area (Å²) in [6.45, 7) is 1.03. The molecule has 0 atom stereocenters. The van der Waals surface area contributed by atoms with Crippen molar-refractivity contribution in [3.05, 3.63) is 27.2 Å². The molecule has 0 bridgehead atoms. The van der Waals surface area contributed by atoms with E-state index in [0.29, 0.717) is 14.3 Å². The minimum Gasteiger partial charge on any atom is -0.462 e. The highest BCUT2D eigenvalue weighted by molar-refractivity contribution is 9.10. The van der Waals surface area contributed by atoms with Crippen molar-refractivity contribution in [3.8, 4) is 0 Å². The van der Waals surface area contributed by atoms with Gasteiger partial charge in [-0.1, -0.05) is 27.5 Å². The molecule has 0 aromatic heterocycles. The van der Waals surface area contributed by atoms with Gasteiger partial charge in [0.1, 0.15) is 6.54 Å². The smallest absolute Gasteiger partial charge is 0.340 e. The van der Waals surface area contributed by atoms with Gasteiger partial charge in [0.05, 0.1) is 22.9 Å². The average Bonchev–Trinajstić information content (AvgIpc) is 2.75. The Morgan fingerprint density at radius 1 is 1.23 bits per heavy atom. The molecule has 1 fully saturated rings. The topological polar surface area (TPSA) is 113 Å². The quantitative estimate of drug-likeness (QED) is 0.418. The summed E-state index contributed by atoms with van der Waals surface area (Å²) >= 11 is 9.27. The summed E-state index contributed by atoms with van der Waals surface area (Å²) in [6.07, 6.45) is 0. The van der Waals surface area contributed by atoms with Crippen LogP contribution in [0.5, 0.6) is 0 Å². The Labute approximate surface area is 161 Å². The number of likely N-dealkylation sites (N-methyl/N-ethyl adjacent to an activating group) is 1. The molecule has 0 aliphatic carbocycles. The molecule has 0 unspecified atom stereocenters. The van der Waals surface area contributed by atoms with Crippen LogP contribution in [-0.4, -0.2) is 59.7 Å². The number of esters is 1. The van der Waals surface area contributed by atoms with Crippen molar-refractivity contribution in [1.29, 1.82) is 0 Å². The molecule has 1 aromatic rings. The first kappa shape index (κ1) is 19.9. The van der Waals surface area contributed by atoms with Gasteiger partial charge in [-0.3, -0.25) is 19.3 Å². The van der Waals surface area contributed by atoms with E-state index in [0.717, 1.165) is 7.05 Å². The van der Waals surface area contributed by atoms with E-state index < -0.39 is 36.3 Å². The largest absolute Gasteiger partial charge is 0.462 e. The van der Waals surface area contributed by atoms with Crippen LogP contribution >= 0.6 is 27.5 Å². The summed E-state index contributed by atoms with van der Waals surface area (Å²) < 4.78 is 5.40. The lowest BCUT2D eigenvalue weighted by molar-refractivity contribution is -0.143. The van der Waals surface area contributed by atoms with Crippen molar-refractivity contribution in [2.24, 2.45) is 0 Å². The summed E-state index contributed by atoms with van der Waals surface area (Å²) in [5.74, 6) is -3.67. The monoisotopic (exact) mass is 445 g/mol. The first-order chi connectivity index (χ1) is 12.2. The maximum atomic E-state index is 12.2. The minimum absolute atomic E-state index is 0.00755. The second-order valence-electron chi connectivity index (χ2n) is 5.12. The predicted molar refractivity (Wildman–Crippen MR) is 93.6 cm³/mol. The van der Waals surface area contributed by atoms with Crippen molar-refractivity contribution in [1.82, 2.24) is 9.80 Å². The highest BCUT2D eigenvalue weighted by Gasteiger charge is 2.43. The number of carbonyl (C=O) groups excluding carboxylic acids is 5. The van der Waals surface area contributed by atoms with Crippen LogP contribution in [0, 0.1) is 0 Å². The molecule has 0 radical (unpaired) electrons. The number of halogens is 2. The third kappa shape index (κ3) is 3.86. The molecule has 0 saturated carbocycles. The molecule has 1 aromatic carbocycles. The molecule has 2 rings (SSSR count). The maximum Gasteiger partial charge on any atom is 0.340 e. The van der Waals surface area contributed by atoms with Crippen LogP contribution in [0.25, 0.3) is 0 Å². The number of amides is 5. The van der Waals surface area contributed by atoms with E-state index in [4.69, 9.17) is 16.3 Å². The fourth-order valence-electron chi connectivity index (χ4n) is 2.15. The molecular formula is C15H13BrClN3O6. The second-order valence-corrected chi connectivity index (χ2v) is 6.44. The Balaban J connectivity index is 2.24. The third-order valence-corrected chi connectivity index (χ3v) is 4.12. The number of hydrogen-bond donors (Lipinski definition) is 1. The SMILES string of the molecule is CCOC(=O)c1cc(Br)cc(Cl)c1NC(=O)CN1C(=O)C(=O)N(C)C1=O. The lowest BCUT2D eigenvalue weighted by atomic mass is 10.1. The molecule has 11 heteroatoms. The van der Waals surface area contributed by atoms with Crippen molar-refractivity contribution in [2.45, 2.75) is 6.92 Å². The zero-order valence-corrected chi connectivity index (χ0v) is 16.0. The van der Waals surface area contributed by atoms with E-state index in [2.05, 4.69) is 21.2 Å². The summed E-state index contributed by atoms with van der Waals surface area (Å²) in [5.41, 5.74) is -0.0380. The van der Waals surface area contributed by atoms with Crippen LogP contribution in [0.2, 0.25) is 5.02 Å².